The fraction of sp³-hybridized carbons (Fsp3) is 0.600. The smallest absolute Gasteiger partial charge is 0.0507 e. The summed E-state index contributed by atoms with van der Waals surface area (Å²) < 4.78 is 0. The summed E-state index contributed by atoms with van der Waals surface area (Å²) in [5, 5.41) is 4.35. The number of likely N-dealkylation sites (N-methyl/N-ethyl adjacent to an activating group) is 1. The molecular weight excluding hydrogens is 180 g/mol. The van der Waals surface area contributed by atoms with Gasteiger partial charge in [-0.1, -0.05) is 6.92 Å². The summed E-state index contributed by atoms with van der Waals surface area (Å²) in [6.07, 6.45) is 1.13. The Balaban J connectivity index is 2.20. The van der Waals surface area contributed by atoms with Crippen molar-refractivity contribution in [3.05, 3.63) is 22.4 Å². The standard InChI is InChI=1S/C10H16N2S/c1-2-12-5-3-9(11)10(12)8-4-6-13-7-8/h4,6-7,9-10H,2-3,5,11H2,1H3. The lowest BCUT2D eigenvalue weighted by atomic mass is 10.0. The molecule has 2 atom stereocenters. The van der Waals surface area contributed by atoms with Crippen LogP contribution in [-0.2, 0) is 0 Å². The number of hydrogen-bond acceptors (Lipinski definition) is 3. The Hall–Kier alpha value is -0.380. The molecule has 72 valence electrons. The zero-order chi connectivity index (χ0) is 9.26. The summed E-state index contributed by atoms with van der Waals surface area (Å²) in [7, 11) is 0. The van der Waals surface area contributed by atoms with Crippen molar-refractivity contribution >= 4 is 11.3 Å². The van der Waals surface area contributed by atoms with Crippen LogP contribution in [0.2, 0.25) is 0 Å². The highest BCUT2D eigenvalue weighted by molar-refractivity contribution is 7.07. The second kappa shape index (κ2) is 3.78. The maximum Gasteiger partial charge on any atom is 0.0507 e. The average Bonchev–Trinajstić information content (AvgIpc) is 2.72. The van der Waals surface area contributed by atoms with E-state index >= 15 is 0 Å². The molecule has 13 heavy (non-hydrogen) atoms. The Bertz CT molecular complexity index is 258. The molecule has 0 aromatic carbocycles. The Labute approximate surface area is 83.4 Å². The van der Waals surface area contributed by atoms with Crippen LogP contribution in [0.1, 0.15) is 24.9 Å². The number of thiophene rings is 1. The van der Waals surface area contributed by atoms with Crippen LogP contribution in [0.3, 0.4) is 0 Å². The summed E-state index contributed by atoms with van der Waals surface area (Å²) >= 11 is 1.76. The number of hydrogen-bond donors (Lipinski definition) is 1. The molecule has 1 saturated heterocycles. The molecule has 1 aromatic rings. The molecule has 2 unspecified atom stereocenters. The Kier molecular flexibility index (Phi) is 2.67. The van der Waals surface area contributed by atoms with Crippen molar-refractivity contribution in [1.82, 2.24) is 4.90 Å². The lowest BCUT2D eigenvalue weighted by Gasteiger charge is -2.24. The molecule has 0 saturated carbocycles. The molecule has 2 N–H and O–H groups in total. The summed E-state index contributed by atoms with van der Waals surface area (Å²) in [5.41, 5.74) is 7.50. The summed E-state index contributed by atoms with van der Waals surface area (Å²) in [6.45, 7) is 4.46. The van der Waals surface area contributed by atoms with Gasteiger partial charge >= 0.3 is 0 Å². The van der Waals surface area contributed by atoms with E-state index in [2.05, 4.69) is 28.7 Å². The fourth-order valence-corrected chi connectivity index (χ4v) is 2.83. The van der Waals surface area contributed by atoms with Gasteiger partial charge in [-0.3, -0.25) is 4.90 Å². The first-order chi connectivity index (χ1) is 6.33. The molecule has 1 aromatic heterocycles. The summed E-state index contributed by atoms with van der Waals surface area (Å²) in [5.74, 6) is 0. The van der Waals surface area contributed by atoms with Crippen molar-refractivity contribution < 1.29 is 0 Å². The first-order valence-corrected chi connectivity index (χ1v) is 5.79. The van der Waals surface area contributed by atoms with Crippen LogP contribution in [0.15, 0.2) is 16.8 Å². The van der Waals surface area contributed by atoms with E-state index in [1.165, 1.54) is 5.56 Å². The zero-order valence-electron chi connectivity index (χ0n) is 7.94. The second-order valence-electron chi connectivity index (χ2n) is 3.58. The number of rotatable bonds is 2. The zero-order valence-corrected chi connectivity index (χ0v) is 8.76. The minimum absolute atomic E-state index is 0.328. The minimum Gasteiger partial charge on any atom is -0.326 e. The van der Waals surface area contributed by atoms with E-state index in [9.17, 15) is 0 Å². The molecule has 0 amide bonds. The van der Waals surface area contributed by atoms with Crippen molar-refractivity contribution in [1.29, 1.82) is 0 Å². The normalized spacial score (nSPS) is 29.7. The average molecular weight is 196 g/mol. The SMILES string of the molecule is CCN1CCC(N)C1c1ccsc1. The summed E-state index contributed by atoms with van der Waals surface area (Å²) in [4.78, 5) is 2.46. The lowest BCUT2D eigenvalue weighted by Crippen LogP contribution is -2.31. The van der Waals surface area contributed by atoms with Crippen LogP contribution >= 0.6 is 11.3 Å². The first kappa shape index (κ1) is 9.19. The van der Waals surface area contributed by atoms with Gasteiger partial charge in [0.05, 0.1) is 6.04 Å². The van der Waals surface area contributed by atoms with Crippen molar-refractivity contribution in [2.75, 3.05) is 13.1 Å². The largest absolute Gasteiger partial charge is 0.326 e. The van der Waals surface area contributed by atoms with Gasteiger partial charge in [0.15, 0.2) is 0 Å². The molecule has 2 heterocycles. The predicted molar refractivity (Wildman–Crippen MR) is 56.9 cm³/mol. The van der Waals surface area contributed by atoms with Gasteiger partial charge in [0.1, 0.15) is 0 Å². The maximum absolute atomic E-state index is 6.10. The van der Waals surface area contributed by atoms with Crippen LogP contribution in [0.25, 0.3) is 0 Å². The number of nitrogens with zero attached hydrogens (tertiary/aromatic N) is 1. The van der Waals surface area contributed by atoms with Crippen LogP contribution in [0.4, 0.5) is 0 Å². The third kappa shape index (κ3) is 1.64. The van der Waals surface area contributed by atoms with Gasteiger partial charge in [0, 0.05) is 12.6 Å². The van der Waals surface area contributed by atoms with E-state index in [-0.39, 0.29) is 0 Å². The van der Waals surface area contributed by atoms with Gasteiger partial charge in [-0.05, 0) is 35.4 Å². The topological polar surface area (TPSA) is 29.3 Å². The molecule has 0 radical (unpaired) electrons. The molecular formula is C10H16N2S. The first-order valence-electron chi connectivity index (χ1n) is 4.84. The quantitative estimate of drug-likeness (QED) is 0.782. The molecule has 3 heteroatoms. The summed E-state index contributed by atoms with van der Waals surface area (Å²) in [6, 6.07) is 2.99. The van der Waals surface area contributed by atoms with Crippen molar-refractivity contribution in [3.63, 3.8) is 0 Å². The van der Waals surface area contributed by atoms with Crippen molar-refractivity contribution in [2.24, 2.45) is 5.73 Å². The van der Waals surface area contributed by atoms with Crippen LogP contribution < -0.4 is 5.73 Å². The van der Waals surface area contributed by atoms with Crippen LogP contribution in [-0.4, -0.2) is 24.0 Å². The van der Waals surface area contributed by atoms with E-state index in [0.29, 0.717) is 12.1 Å². The number of likely N-dealkylation sites (tertiary alicyclic amines) is 1. The highest BCUT2D eigenvalue weighted by atomic mass is 32.1. The van der Waals surface area contributed by atoms with Crippen molar-refractivity contribution in [3.8, 4) is 0 Å². The van der Waals surface area contributed by atoms with Gasteiger partial charge in [0.2, 0.25) is 0 Å². The van der Waals surface area contributed by atoms with Crippen LogP contribution in [0.5, 0.6) is 0 Å². The molecule has 2 nitrogen and oxygen atoms in total. The molecule has 1 aliphatic rings. The maximum atomic E-state index is 6.10. The van der Waals surface area contributed by atoms with E-state index in [4.69, 9.17) is 5.73 Å². The molecule has 2 rings (SSSR count). The Morgan fingerprint density at radius 3 is 3.15 bits per heavy atom. The molecule has 1 aliphatic heterocycles. The molecule has 0 spiro atoms. The Morgan fingerprint density at radius 1 is 1.69 bits per heavy atom. The van der Waals surface area contributed by atoms with Crippen LogP contribution in [0, 0.1) is 0 Å². The second-order valence-corrected chi connectivity index (χ2v) is 4.36. The highest BCUT2D eigenvalue weighted by Crippen LogP contribution is 2.31. The van der Waals surface area contributed by atoms with Gasteiger partial charge in [-0.2, -0.15) is 11.3 Å². The predicted octanol–water partition coefficient (Wildman–Crippen LogP) is 1.84. The highest BCUT2D eigenvalue weighted by Gasteiger charge is 2.31. The monoisotopic (exact) mass is 196 g/mol. The third-order valence-corrected chi connectivity index (χ3v) is 3.54. The van der Waals surface area contributed by atoms with E-state index in [0.717, 1.165) is 19.5 Å². The van der Waals surface area contributed by atoms with E-state index < -0.39 is 0 Å². The van der Waals surface area contributed by atoms with Gasteiger partial charge in [-0.15, -0.1) is 0 Å². The molecule has 0 bridgehead atoms. The third-order valence-electron chi connectivity index (χ3n) is 2.84. The van der Waals surface area contributed by atoms with Gasteiger partial charge < -0.3 is 5.73 Å². The fourth-order valence-electron chi connectivity index (χ4n) is 2.14. The Morgan fingerprint density at radius 2 is 2.54 bits per heavy atom. The van der Waals surface area contributed by atoms with E-state index in [1.54, 1.807) is 11.3 Å². The van der Waals surface area contributed by atoms with Gasteiger partial charge in [-0.25, -0.2) is 0 Å². The molecule has 0 aliphatic carbocycles. The lowest BCUT2D eigenvalue weighted by molar-refractivity contribution is 0.261. The van der Waals surface area contributed by atoms with Gasteiger partial charge in [0.25, 0.3) is 0 Å². The van der Waals surface area contributed by atoms with E-state index in [1.807, 2.05) is 0 Å². The van der Waals surface area contributed by atoms with Crippen molar-refractivity contribution in [2.45, 2.75) is 25.4 Å². The minimum atomic E-state index is 0.328. The molecule has 1 fully saturated rings. The number of nitrogens with two attached hydrogens (primary N) is 1.